The Morgan fingerprint density at radius 1 is 1.44 bits per heavy atom. The van der Waals surface area contributed by atoms with E-state index in [9.17, 15) is 4.79 Å². The third-order valence-electron chi connectivity index (χ3n) is 3.99. The highest BCUT2D eigenvalue weighted by atomic mass is 16.5. The van der Waals surface area contributed by atoms with Gasteiger partial charge in [-0.15, -0.1) is 0 Å². The van der Waals surface area contributed by atoms with E-state index < -0.39 is 0 Å². The van der Waals surface area contributed by atoms with Crippen LogP contribution in [0, 0.1) is 0 Å². The maximum atomic E-state index is 12.4. The molecule has 2 aliphatic rings. The van der Waals surface area contributed by atoms with Crippen molar-refractivity contribution < 1.29 is 9.53 Å². The van der Waals surface area contributed by atoms with Crippen LogP contribution in [0.25, 0.3) is 0 Å². The molecule has 0 aromatic carbocycles. The molecule has 18 heavy (non-hydrogen) atoms. The Hall–Kier alpha value is -0.610. The van der Waals surface area contributed by atoms with Gasteiger partial charge < -0.3 is 15.0 Å². The molecule has 4 heteroatoms. The highest BCUT2D eigenvalue weighted by molar-refractivity contribution is 5.81. The minimum Gasteiger partial charge on any atom is -0.365 e. The Labute approximate surface area is 110 Å². The lowest BCUT2D eigenvalue weighted by Crippen LogP contribution is -2.54. The van der Waals surface area contributed by atoms with Crippen LogP contribution in [0.15, 0.2) is 0 Å². The lowest BCUT2D eigenvalue weighted by Gasteiger charge is -2.34. The Morgan fingerprint density at radius 2 is 2.17 bits per heavy atom. The average Bonchev–Trinajstić information content (AvgIpc) is 2.88. The van der Waals surface area contributed by atoms with E-state index in [1.165, 1.54) is 12.8 Å². The molecule has 0 aromatic rings. The summed E-state index contributed by atoms with van der Waals surface area (Å²) in [6.07, 6.45) is 5.63. The van der Waals surface area contributed by atoms with Gasteiger partial charge in [-0.1, -0.05) is 19.8 Å². The summed E-state index contributed by atoms with van der Waals surface area (Å²) >= 11 is 0. The molecule has 2 unspecified atom stereocenters. The van der Waals surface area contributed by atoms with Crippen molar-refractivity contribution in [3.8, 4) is 0 Å². The summed E-state index contributed by atoms with van der Waals surface area (Å²) in [5.41, 5.74) is 0. The molecule has 1 heterocycles. The van der Waals surface area contributed by atoms with Gasteiger partial charge in [0.15, 0.2) is 0 Å². The van der Waals surface area contributed by atoms with Crippen molar-refractivity contribution in [1.82, 2.24) is 10.2 Å². The highest BCUT2D eigenvalue weighted by Crippen LogP contribution is 2.23. The number of nitrogens with one attached hydrogen (secondary N) is 1. The van der Waals surface area contributed by atoms with Gasteiger partial charge >= 0.3 is 0 Å². The minimum atomic E-state index is -0.224. The van der Waals surface area contributed by atoms with Crippen molar-refractivity contribution in [3.05, 3.63) is 0 Å². The summed E-state index contributed by atoms with van der Waals surface area (Å²) in [5.74, 6) is 0.192. The Morgan fingerprint density at radius 3 is 2.78 bits per heavy atom. The normalized spacial score (nSPS) is 27.4. The molecule has 0 spiro atoms. The largest absolute Gasteiger partial charge is 0.365 e. The van der Waals surface area contributed by atoms with E-state index in [1.807, 2.05) is 11.8 Å². The number of rotatable bonds is 4. The Bertz CT molecular complexity index is 277. The molecule has 2 rings (SSSR count). The third-order valence-corrected chi connectivity index (χ3v) is 3.99. The van der Waals surface area contributed by atoms with Gasteiger partial charge in [-0.25, -0.2) is 0 Å². The van der Waals surface area contributed by atoms with Crippen LogP contribution in [0.5, 0.6) is 0 Å². The maximum absolute atomic E-state index is 12.4. The molecule has 1 amide bonds. The second-order valence-corrected chi connectivity index (χ2v) is 5.58. The molecule has 1 N–H and O–H groups in total. The average molecular weight is 254 g/mol. The fourth-order valence-corrected chi connectivity index (χ4v) is 2.92. The third kappa shape index (κ3) is 3.45. The standard InChI is InChI=1S/C14H26N2O2/c1-3-13(18-12-6-4-5-7-12)14(17)16-9-8-15-11(2)10-16/h11-13,15H,3-10H2,1-2H3. The van der Waals surface area contributed by atoms with Crippen molar-refractivity contribution in [2.75, 3.05) is 19.6 Å². The van der Waals surface area contributed by atoms with Crippen molar-refractivity contribution in [3.63, 3.8) is 0 Å². The summed E-state index contributed by atoms with van der Waals surface area (Å²) in [6.45, 7) is 6.69. The molecule has 1 aliphatic carbocycles. The van der Waals surface area contributed by atoms with E-state index in [4.69, 9.17) is 4.74 Å². The topological polar surface area (TPSA) is 41.6 Å². The Balaban J connectivity index is 1.87. The first-order valence-electron chi connectivity index (χ1n) is 7.38. The smallest absolute Gasteiger partial charge is 0.251 e. The molecular formula is C14H26N2O2. The maximum Gasteiger partial charge on any atom is 0.251 e. The van der Waals surface area contributed by atoms with Crippen LogP contribution in [0.2, 0.25) is 0 Å². The van der Waals surface area contributed by atoms with E-state index in [-0.39, 0.29) is 12.0 Å². The van der Waals surface area contributed by atoms with Crippen molar-refractivity contribution in [2.24, 2.45) is 0 Å². The van der Waals surface area contributed by atoms with E-state index >= 15 is 0 Å². The van der Waals surface area contributed by atoms with Crippen LogP contribution >= 0.6 is 0 Å². The predicted molar refractivity (Wildman–Crippen MR) is 71.5 cm³/mol. The van der Waals surface area contributed by atoms with E-state index in [2.05, 4.69) is 12.2 Å². The zero-order valence-electron chi connectivity index (χ0n) is 11.7. The fraction of sp³-hybridized carbons (Fsp3) is 0.929. The second-order valence-electron chi connectivity index (χ2n) is 5.58. The summed E-state index contributed by atoms with van der Waals surface area (Å²) < 4.78 is 6.00. The first-order valence-corrected chi connectivity index (χ1v) is 7.38. The monoisotopic (exact) mass is 254 g/mol. The SMILES string of the molecule is CCC(OC1CCCC1)C(=O)N1CCNC(C)C1. The molecule has 104 valence electrons. The minimum absolute atomic E-state index is 0.192. The number of hydrogen-bond donors (Lipinski definition) is 1. The number of carbonyl (C=O) groups excluding carboxylic acids is 1. The Kier molecular flexibility index (Phi) is 5.01. The van der Waals surface area contributed by atoms with Crippen LogP contribution < -0.4 is 5.32 Å². The van der Waals surface area contributed by atoms with Crippen molar-refractivity contribution in [2.45, 2.75) is 64.2 Å². The predicted octanol–water partition coefficient (Wildman–Crippen LogP) is 1.54. The van der Waals surface area contributed by atoms with Gasteiger partial charge in [-0.2, -0.15) is 0 Å². The molecule has 2 atom stereocenters. The first-order chi connectivity index (χ1) is 8.70. The van der Waals surface area contributed by atoms with Crippen LogP contribution in [-0.2, 0) is 9.53 Å². The summed E-state index contributed by atoms with van der Waals surface area (Å²) in [6, 6.07) is 0.395. The molecule has 0 bridgehead atoms. The molecule has 0 radical (unpaired) electrons. The number of piperazine rings is 1. The molecular weight excluding hydrogens is 228 g/mol. The quantitative estimate of drug-likeness (QED) is 0.827. The first kappa shape index (κ1) is 13.8. The highest BCUT2D eigenvalue weighted by Gasteiger charge is 2.29. The van der Waals surface area contributed by atoms with Crippen LogP contribution in [0.1, 0.15) is 46.0 Å². The number of ether oxygens (including phenoxy) is 1. The lowest BCUT2D eigenvalue weighted by atomic mass is 10.1. The van der Waals surface area contributed by atoms with Gasteiger partial charge in [0.05, 0.1) is 6.10 Å². The fourth-order valence-electron chi connectivity index (χ4n) is 2.92. The summed E-state index contributed by atoms with van der Waals surface area (Å²) in [5, 5.41) is 3.36. The van der Waals surface area contributed by atoms with E-state index in [0.717, 1.165) is 38.9 Å². The van der Waals surface area contributed by atoms with Gasteiger partial charge in [-0.3, -0.25) is 4.79 Å². The van der Waals surface area contributed by atoms with Crippen molar-refractivity contribution in [1.29, 1.82) is 0 Å². The number of amides is 1. The van der Waals surface area contributed by atoms with Gasteiger partial charge in [0.25, 0.3) is 5.91 Å². The van der Waals surface area contributed by atoms with E-state index in [0.29, 0.717) is 12.1 Å². The van der Waals surface area contributed by atoms with E-state index in [1.54, 1.807) is 0 Å². The summed E-state index contributed by atoms with van der Waals surface area (Å²) in [7, 11) is 0. The van der Waals surface area contributed by atoms with Gasteiger partial charge in [0.2, 0.25) is 0 Å². The summed E-state index contributed by atoms with van der Waals surface area (Å²) in [4.78, 5) is 14.4. The molecule has 1 aliphatic heterocycles. The van der Waals surface area contributed by atoms with Crippen LogP contribution in [0.3, 0.4) is 0 Å². The molecule has 0 aromatic heterocycles. The molecule has 4 nitrogen and oxygen atoms in total. The van der Waals surface area contributed by atoms with Gasteiger partial charge in [0.1, 0.15) is 6.10 Å². The molecule has 1 saturated heterocycles. The zero-order chi connectivity index (χ0) is 13.0. The van der Waals surface area contributed by atoms with Crippen LogP contribution in [-0.4, -0.2) is 48.7 Å². The number of nitrogens with zero attached hydrogens (tertiary/aromatic N) is 1. The molecule has 1 saturated carbocycles. The number of hydrogen-bond acceptors (Lipinski definition) is 3. The second kappa shape index (κ2) is 6.53. The van der Waals surface area contributed by atoms with Gasteiger partial charge in [-0.05, 0) is 26.2 Å². The van der Waals surface area contributed by atoms with Gasteiger partial charge in [0, 0.05) is 25.7 Å². The van der Waals surface area contributed by atoms with Crippen molar-refractivity contribution >= 4 is 5.91 Å². The molecule has 2 fully saturated rings. The van der Waals surface area contributed by atoms with Crippen LogP contribution in [0.4, 0.5) is 0 Å². The lowest BCUT2D eigenvalue weighted by molar-refractivity contribution is -0.148. The number of carbonyl (C=O) groups is 1. The zero-order valence-corrected chi connectivity index (χ0v) is 11.7.